The van der Waals surface area contributed by atoms with Crippen molar-refractivity contribution in [2.45, 2.75) is 57.0 Å². The maximum atomic E-state index is 12.4. The molecule has 0 aliphatic heterocycles. The van der Waals surface area contributed by atoms with Crippen LogP contribution in [0.25, 0.3) is 0 Å². The summed E-state index contributed by atoms with van der Waals surface area (Å²) in [6.07, 6.45) is 10.7. The molecule has 3 aliphatic rings. The first-order chi connectivity index (χ1) is 14.9. The summed E-state index contributed by atoms with van der Waals surface area (Å²) in [4.78, 5) is 0. The van der Waals surface area contributed by atoms with Crippen LogP contribution in [0.15, 0.2) is 18.2 Å². The van der Waals surface area contributed by atoms with Gasteiger partial charge in [-0.3, -0.25) is 0 Å². The van der Waals surface area contributed by atoms with E-state index in [1.165, 1.54) is 5.56 Å². The second kappa shape index (κ2) is 7.71. The van der Waals surface area contributed by atoms with E-state index in [2.05, 4.69) is 12.8 Å². The van der Waals surface area contributed by atoms with Crippen molar-refractivity contribution in [3.63, 3.8) is 0 Å². The lowest BCUT2D eigenvalue weighted by Gasteiger charge is -2.52. The van der Waals surface area contributed by atoms with Gasteiger partial charge in [-0.15, -0.1) is 6.42 Å². The van der Waals surface area contributed by atoms with Crippen molar-refractivity contribution in [1.29, 1.82) is 0 Å². The Morgan fingerprint density at radius 2 is 1.94 bits per heavy atom. The molecule has 2 saturated carbocycles. The third kappa shape index (κ3) is 3.46. The smallest absolute Gasteiger partial charge is 0.377 e. The number of rotatable bonds is 5. The van der Waals surface area contributed by atoms with Gasteiger partial charge in [0.15, 0.2) is 0 Å². The lowest BCUT2D eigenvalue weighted by Crippen LogP contribution is -2.50. The third-order valence-electron chi connectivity index (χ3n) is 8.20. The first kappa shape index (κ1) is 23.5. The Balaban J connectivity index is 1.58. The Morgan fingerprint density at radius 1 is 1.22 bits per heavy atom. The molecule has 0 amide bonds. The van der Waals surface area contributed by atoms with Gasteiger partial charge in [0, 0.05) is 19.5 Å². The van der Waals surface area contributed by atoms with Crippen LogP contribution < -0.4 is 8.91 Å². The molecule has 0 saturated heterocycles. The van der Waals surface area contributed by atoms with E-state index in [-0.39, 0.29) is 14.9 Å². The van der Waals surface area contributed by atoms with Gasteiger partial charge in [0.25, 0.3) is 10.2 Å². The van der Waals surface area contributed by atoms with Gasteiger partial charge < -0.3 is 9.29 Å². The lowest BCUT2D eigenvalue weighted by atomic mass is 9.53. The molecule has 5 atom stereocenters. The number of aliphatic hydroxyl groups is 1. The Bertz CT molecular complexity index is 1180. The van der Waals surface area contributed by atoms with Crippen LogP contribution in [0.4, 0.5) is 0 Å². The number of terminal acetylenes is 1. The van der Waals surface area contributed by atoms with Crippen molar-refractivity contribution in [2.24, 2.45) is 17.3 Å². The molecule has 4 rings (SSSR count). The first-order valence-electron chi connectivity index (χ1n) is 10.8. The predicted octanol–water partition coefficient (Wildman–Crippen LogP) is 1.93. The topological polar surface area (TPSA) is 113 Å². The monoisotopic (exact) mass is 482 g/mol. The van der Waals surface area contributed by atoms with E-state index in [4.69, 9.17) is 10.6 Å². The predicted molar refractivity (Wildman–Crippen MR) is 120 cm³/mol. The van der Waals surface area contributed by atoms with Gasteiger partial charge >= 0.3 is 10.3 Å². The molecule has 176 valence electrons. The van der Waals surface area contributed by atoms with Crippen molar-refractivity contribution in [1.82, 2.24) is 8.43 Å². The van der Waals surface area contributed by atoms with E-state index in [1.54, 1.807) is 12.1 Å². The summed E-state index contributed by atoms with van der Waals surface area (Å²) in [5, 5.41) is 11.0. The number of nitrogens with zero attached hydrogens (tertiary/aromatic N) is 1. The zero-order valence-corrected chi connectivity index (χ0v) is 20.2. The summed E-state index contributed by atoms with van der Waals surface area (Å²) < 4.78 is 55.7. The molecule has 0 unspecified atom stereocenters. The van der Waals surface area contributed by atoms with Crippen molar-refractivity contribution >= 4 is 20.5 Å². The van der Waals surface area contributed by atoms with E-state index < -0.39 is 26.1 Å². The summed E-state index contributed by atoms with van der Waals surface area (Å²) in [7, 11) is -6.69. The highest BCUT2D eigenvalue weighted by Gasteiger charge is 2.61. The van der Waals surface area contributed by atoms with Gasteiger partial charge in [0.05, 0.1) is 0 Å². The highest BCUT2D eigenvalue weighted by atomic mass is 32.3. The number of aryl methyl sites for hydroxylation is 1. The van der Waals surface area contributed by atoms with Crippen LogP contribution >= 0.6 is 0 Å². The number of hydrogen-bond acceptors (Lipinski definition) is 6. The van der Waals surface area contributed by atoms with Crippen molar-refractivity contribution < 1.29 is 26.1 Å². The minimum absolute atomic E-state index is 0.0866. The Hall–Kier alpha value is -1.64. The maximum absolute atomic E-state index is 12.4. The summed E-state index contributed by atoms with van der Waals surface area (Å²) in [6, 6.07) is 5.18. The van der Waals surface area contributed by atoms with Crippen molar-refractivity contribution in [2.75, 3.05) is 14.1 Å². The third-order valence-corrected chi connectivity index (χ3v) is 11.6. The van der Waals surface area contributed by atoms with Gasteiger partial charge in [-0.2, -0.15) is 16.8 Å². The van der Waals surface area contributed by atoms with Crippen molar-refractivity contribution in [3.8, 4) is 18.1 Å². The largest absolute Gasteiger partial charge is 0.399 e. The summed E-state index contributed by atoms with van der Waals surface area (Å²) in [5.41, 5.74) is 0.877. The molecule has 0 bridgehead atoms. The molecule has 0 spiro atoms. The normalized spacial score (nSPS) is 34.3. The highest BCUT2D eigenvalue weighted by molar-refractivity contribution is 8.01. The number of fused-ring (bicyclic) bond motifs is 5. The Kier molecular flexibility index (Phi) is 5.66. The number of hydrogen-bond donors (Lipinski definition) is 2. The van der Waals surface area contributed by atoms with Crippen LogP contribution in [0.5, 0.6) is 5.75 Å². The standard InChI is InChI=1S/C22H30N2O6S2/c1-5-22(25)13-11-20-19-8-6-15-14-16(30-32(28,29)24(4)31(26,27)23-3)7-9-17(15)18(19)10-12-21(20,22)2/h1,7,9,14,18-20,23,25H,6,8,10-13H2,2-4H3/t18-,19-,20+,21+,22+/m1/s1. The molecule has 3 aliphatic carbocycles. The number of benzene rings is 1. The Labute approximate surface area is 190 Å². The second-order valence-corrected chi connectivity index (χ2v) is 13.1. The van der Waals surface area contributed by atoms with Crippen LogP contribution in [-0.2, 0) is 26.9 Å². The minimum Gasteiger partial charge on any atom is -0.377 e. The van der Waals surface area contributed by atoms with Crippen LogP contribution in [0, 0.1) is 29.6 Å². The quantitative estimate of drug-likeness (QED) is 0.620. The number of nitrogens with one attached hydrogen (secondary N) is 1. The molecule has 32 heavy (non-hydrogen) atoms. The maximum Gasteiger partial charge on any atom is 0.399 e. The van der Waals surface area contributed by atoms with Gasteiger partial charge in [-0.25, -0.2) is 4.72 Å². The van der Waals surface area contributed by atoms with Gasteiger partial charge in [0.2, 0.25) is 0 Å². The van der Waals surface area contributed by atoms with Crippen LogP contribution in [0.1, 0.15) is 56.1 Å². The molecule has 0 heterocycles. The van der Waals surface area contributed by atoms with Gasteiger partial charge in [-0.05, 0) is 79.5 Å². The SMILES string of the molecule is C#C[C@]1(O)CC[C@H]2[C@@H]3CCc4cc(OS(=O)(=O)N(C)S(=O)(=O)NC)ccc4[C@H]3CC[C@@]21C. The minimum atomic E-state index is -4.53. The fourth-order valence-electron chi connectivity index (χ4n) is 6.29. The summed E-state index contributed by atoms with van der Waals surface area (Å²) in [6.45, 7) is 2.13. The zero-order chi connectivity index (χ0) is 23.5. The van der Waals surface area contributed by atoms with Crippen LogP contribution in [0.3, 0.4) is 0 Å². The summed E-state index contributed by atoms with van der Waals surface area (Å²) >= 11 is 0. The van der Waals surface area contributed by atoms with E-state index in [9.17, 15) is 21.9 Å². The highest BCUT2D eigenvalue weighted by Crippen LogP contribution is 2.64. The molecule has 1 aromatic carbocycles. The average molecular weight is 483 g/mol. The molecule has 10 heteroatoms. The van der Waals surface area contributed by atoms with Crippen LogP contribution in [0.2, 0.25) is 0 Å². The summed E-state index contributed by atoms with van der Waals surface area (Å²) in [5.74, 6) is 3.87. The Morgan fingerprint density at radius 3 is 2.59 bits per heavy atom. The van der Waals surface area contributed by atoms with Crippen molar-refractivity contribution in [3.05, 3.63) is 29.3 Å². The van der Waals surface area contributed by atoms with E-state index in [0.717, 1.165) is 51.8 Å². The average Bonchev–Trinajstić information content (AvgIpc) is 3.04. The molecule has 0 aromatic heterocycles. The van der Waals surface area contributed by atoms with E-state index in [0.29, 0.717) is 24.2 Å². The van der Waals surface area contributed by atoms with E-state index in [1.807, 2.05) is 10.8 Å². The molecular formula is C22H30N2O6S2. The molecule has 0 radical (unpaired) electrons. The van der Waals surface area contributed by atoms with Gasteiger partial charge in [0.1, 0.15) is 11.4 Å². The molecule has 8 nitrogen and oxygen atoms in total. The molecule has 1 aromatic rings. The van der Waals surface area contributed by atoms with Gasteiger partial charge in [-0.1, -0.05) is 22.6 Å². The second-order valence-electron chi connectivity index (χ2n) is 9.41. The fourth-order valence-corrected chi connectivity index (χ4v) is 8.27. The molecular weight excluding hydrogens is 452 g/mol. The van der Waals surface area contributed by atoms with Crippen LogP contribution in [-0.4, -0.2) is 45.3 Å². The first-order valence-corrected chi connectivity index (χ1v) is 13.6. The lowest BCUT2D eigenvalue weighted by molar-refractivity contribution is -0.0646. The van der Waals surface area contributed by atoms with E-state index >= 15 is 0 Å². The zero-order valence-electron chi connectivity index (χ0n) is 18.5. The molecule has 2 N–H and O–H groups in total. The fraction of sp³-hybridized carbons (Fsp3) is 0.636. The molecule has 2 fully saturated rings.